The third kappa shape index (κ3) is 1.90. The standard InChI is InChI=1S/C10H11ClN2O3/c11-8-5-7(13(15)16)6-9(10(8)14)12-3-1-2-4-12/h5-6,14H,1-4H2. The van der Waals surface area contributed by atoms with Crippen LogP contribution in [-0.4, -0.2) is 23.1 Å². The first-order valence-corrected chi connectivity index (χ1v) is 5.39. The van der Waals surface area contributed by atoms with E-state index in [4.69, 9.17) is 11.6 Å². The molecule has 1 aliphatic rings. The van der Waals surface area contributed by atoms with E-state index in [1.807, 2.05) is 4.90 Å². The minimum Gasteiger partial charge on any atom is -0.504 e. The van der Waals surface area contributed by atoms with Crippen molar-refractivity contribution in [3.05, 3.63) is 27.3 Å². The number of phenolic OH excluding ortho intramolecular Hbond substituents is 1. The maximum atomic E-state index is 10.7. The van der Waals surface area contributed by atoms with Crippen LogP contribution in [0.2, 0.25) is 5.02 Å². The second kappa shape index (κ2) is 4.17. The molecule has 0 unspecified atom stereocenters. The third-order valence-electron chi connectivity index (χ3n) is 2.69. The molecule has 0 aromatic heterocycles. The van der Waals surface area contributed by atoms with E-state index in [1.54, 1.807) is 0 Å². The topological polar surface area (TPSA) is 66.6 Å². The van der Waals surface area contributed by atoms with Gasteiger partial charge in [-0.05, 0) is 12.8 Å². The molecule has 2 rings (SSSR count). The van der Waals surface area contributed by atoms with Crippen LogP contribution in [0.1, 0.15) is 12.8 Å². The lowest BCUT2D eigenvalue weighted by molar-refractivity contribution is -0.384. The fourth-order valence-corrected chi connectivity index (χ4v) is 2.08. The van der Waals surface area contributed by atoms with Crippen molar-refractivity contribution in [2.75, 3.05) is 18.0 Å². The van der Waals surface area contributed by atoms with Gasteiger partial charge >= 0.3 is 0 Å². The minimum absolute atomic E-state index is 0.0242. The second-order valence-electron chi connectivity index (χ2n) is 3.75. The van der Waals surface area contributed by atoms with Crippen molar-refractivity contribution in [2.24, 2.45) is 0 Å². The predicted octanol–water partition coefficient (Wildman–Crippen LogP) is 2.55. The zero-order valence-corrected chi connectivity index (χ0v) is 9.28. The average molecular weight is 243 g/mol. The van der Waals surface area contributed by atoms with Gasteiger partial charge in [0.05, 0.1) is 15.6 Å². The molecule has 0 radical (unpaired) electrons. The molecule has 1 aromatic carbocycles. The molecule has 16 heavy (non-hydrogen) atoms. The Morgan fingerprint density at radius 1 is 1.38 bits per heavy atom. The van der Waals surface area contributed by atoms with Crippen molar-refractivity contribution in [1.29, 1.82) is 0 Å². The van der Waals surface area contributed by atoms with Gasteiger partial charge in [-0.25, -0.2) is 0 Å². The lowest BCUT2D eigenvalue weighted by atomic mass is 10.2. The number of nitrogens with zero attached hydrogens (tertiary/aromatic N) is 2. The van der Waals surface area contributed by atoms with E-state index in [0.717, 1.165) is 32.0 Å². The molecule has 1 aromatic rings. The van der Waals surface area contributed by atoms with Crippen LogP contribution in [0.25, 0.3) is 0 Å². The van der Waals surface area contributed by atoms with Crippen LogP contribution < -0.4 is 4.90 Å². The van der Waals surface area contributed by atoms with Crippen LogP contribution in [0.15, 0.2) is 12.1 Å². The molecular formula is C10H11ClN2O3. The number of nitro groups is 1. The van der Waals surface area contributed by atoms with Crippen molar-refractivity contribution in [2.45, 2.75) is 12.8 Å². The van der Waals surface area contributed by atoms with Gasteiger partial charge in [-0.2, -0.15) is 0 Å². The Bertz CT molecular complexity index is 430. The predicted molar refractivity (Wildman–Crippen MR) is 61.2 cm³/mol. The zero-order chi connectivity index (χ0) is 11.7. The summed E-state index contributed by atoms with van der Waals surface area (Å²) in [6.45, 7) is 1.59. The second-order valence-corrected chi connectivity index (χ2v) is 4.15. The number of rotatable bonds is 2. The molecule has 1 fully saturated rings. The summed E-state index contributed by atoms with van der Waals surface area (Å²) in [5.74, 6) is -0.0748. The number of anilines is 1. The van der Waals surface area contributed by atoms with Gasteiger partial charge in [0.15, 0.2) is 5.75 Å². The zero-order valence-electron chi connectivity index (χ0n) is 8.52. The molecule has 1 heterocycles. The van der Waals surface area contributed by atoms with E-state index in [2.05, 4.69) is 0 Å². The highest BCUT2D eigenvalue weighted by molar-refractivity contribution is 6.32. The highest BCUT2D eigenvalue weighted by Crippen LogP contribution is 2.39. The third-order valence-corrected chi connectivity index (χ3v) is 2.97. The van der Waals surface area contributed by atoms with Crippen molar-refractivity contribution in [3.63, 3.8) is 0 Å². The highest BCUT2D eigenvalue weighted by atomic mass is 35.5. The van der Waals surface area contributed by atoms with Gasteiger partial charge in [0.2, 0.25) is 0 Å². The molecule has 0 aliphatic carbocycles. The van der Waals surface area contributed by atoms with Gasteiger partial charge in [0.1, 0.15) is 0 Å². The molecule has 0 saturated carbocycles. The van der Waals surface area contributed by atoms with Crippen LogP contribution in [0.3, 0.4) is 0 Å². The lowest BCUT2D eigenvalue weighted by Crippen LogP contribution is -2.17. The SMILES string of the molecule is O=[N+]([O-])c1cc(Cl)c(O)c(N2CCCC2)c1. The normalized spacial score (nSPS) is 15.4. The van der Waals surface area contributed by atoms with Crippen molar-refractivity contribution in [3.8, 4) is 5.75 Å². The Hall–Kier alpha value is -1.49. The summed E-state index contributed by atoms with van der Waals surface area (Å²) >= 11 is 5.76. The Labute approximate surface area is 97.4 Å². The first-order valence-electron chi connectivity index (χ1n) is 5.01. The summed E-state index contributed by atoms with van der Waals surface area (Å²) in [5.41, 5.74) is 0.362. The average Bonchev–Trinajstić information content (AvgIpc) is 2.74. The molecular weight excluding hydrogens is 232 g/mol. The summed E-state index contributed by atoms with van der Waals surface area (Å²) in [4.78, 5) is 12.1. The molecule has 86 valence electrons. The minimum atomic E-state index is -0.509. The fraction of sp³-hybridized carbons (Fsp3) is 0.400. The number of phenols is 1. The first kappa shape index (κ1) is 11.0. The highest BCUT2D eigenvalue weighted by Gasteiger charge is 2.21. The van der Waals surface area contributed by atoms with E-state index in [9.17, 15) is 15.2 Å². The smallest absolute Gasteiger partial charge is 0.273 e. The molecule has 6 heteroatoms. The number of benzene rings is 1. The Kier molecular flexibility index (Phi) is 2.87. The molecule has 0 spiro atoms. The van der Waals surface area contributed by atoms with Crippen LogP contribution in [0, 0.1) is 10.1 Å². The Balaban J connectivity index is 2.45. The number of halogens is 1. The van der Waals surface area contributed by atoms with Crippen LogP contribution in [-0.2, 0) is 0 Å². The molecule has 5 nitrogen and oxygen atoms in total. The van der Waals surface area contributed by atoms with E-state index in [0.29, 0.717) is 5.69 Å². The maximum Gasteiger partial charge on any atom is 0.273 e. The Morgan fingerprint density at radius 3 is 2.56 bits per heavy atom. The number of hydrogen-bond acceptors (Lipinski definition) is 4. The molecule has 0 bridgehead atoms. The maximum absolute atomic E-state index is 10.7. The van der Waals surface area contributed by atoms with E-state index in [1.165, 1.54) is 6.07 Å². The largest absolute Gasteiger partial charge is 0.504 e. The number of hydrogen-bond donors (Lipinski definition) is 1. The van der Waals surface area contributed by atoms with Gasteiger partial charge in [-0.15, -0.1) is 0 Å². The van der Waals surface area contributed by atoms with E-state index < -0.39 is 4.92 Å². The monoisotopic (exact) mass is 242 g/mol. The molecule has 0 atom stereocenters. The lowest BCUT2D eigenvalue weighted by Gasteiger charge is -2.19. The van der Waals surface area contributed by atoms with Gasteiger partial charge in [0, 0.05) is 25.2 Å². The summed E-state index contributed by atoms with van der Waals surface area (Å²) < 4.78 is 0. The number of nitro benzene ring substituents is 1. The fourth-order valence-electron chi connectivity index (χ4n) is 1.88. The molecule has 1 aliphatic heterocycles. The quantitative estimate of drug-likeness (QED) is 0.639. The van der Waals surface area contributed by atoms with E-state index >= 15 is 0 Å². The summed E-state index contributed by atoms with van der Waals surface area (Å²) in [6.07, 6.45) is 2.06. The molecule has 1 N–H and O–H groups in total. The van der Waals surface area contributed by atoms with Gasteiger partial charge in [-0.1, -0.05) is 11.6 Å². The van der Waals surface area contributed by atoms with Gasteiger partial charge in [0.25, 0.3) is 5.69 Å². The summed E-state index contributed by atoms with van der Waals surface area (Å²) in [5, 5.41) is 20.5. The van der Waals surface area contributed by atoms with Crippen LogP contribution in [0.4, 0.5) is 11.4 Å². The van der Waals surface area contributed by atoms with Crippen molar-refractivity contribution < 1.29 is 10.0 Å². The molecule has 1 saturated heterocycles. The number of aromatic hydroxyl groups is 1. The summed E-state index contributed by atoms with van der Waals surface area (Å²) in [7, 11) is 0. The van der Waals surface area contributed by atoms with Crippen LogP contribution in [0.5, 0.6) is 5.75 Å². The Morgan fingerprint density at radius 2 is 2.00 bits per heavy atom. The molecule has 0 amide bonds. The number of non-ortho nitro benzene ring substituents is 1. The van der Waals surface area contributed by atoms with Crippen molar-refractivity contribution >= 4 is 23.0 Å². The van der Waals surface area contributed by atoms with Gasteiger partial charge in [-0.3, -0.25) is 10.1 Å². The van der Waals surface area contributed by atoms with E-state index in [-0.39, 0.29) is 16.5 Å². The van der Waals surface area contributed by atoms with Crippen LogP contribution >= 0.6 is 11.6 Å². The first-order chi connectivity index (χ1) is 7.59. The van der Waals surface area contributed by atoms with Gasteiger partial charge < -0.3 is 10.0 Å². The van der Waals surface area contributed by atoms with Crippen molar-refractivity contribution in [1.82, 2.24) is 0 Å². The summed E-state index contributed by atoms with van der Waals surface area (Å²) in [6, 6.07) is 2.53.